The Bertz CT molecular complexity index is 1250. The first kappa shape index (κ1) is 19.6. The Morgan fingerprint density at radius 3 is 2.69 bits per heavy atom. The van der Waals surface area contributed by atoms with Gasteiger partial charge in [-0.15, -0.1) is 0 Å². The van der Waals surface area contributed by atoms with Gasteiger partial charge in [-0.05, 0) is 37.1 Å². The van der Waals surface area contributed by atoms with E-state index in [1.165, 1.54) is 36.9 Å². The van der Waals surface area contributed by atoms with Crippen molar-refractivity contribution in [2.45, 2.75) is 38.3 Å². The van der Waals surface area contributed by atoms with Gasteiger partial charge in [0.05, 0.1) is 48.3 Å². The Morgan fingerprint density at radius 2 is 1.88 bits per heavy atom. The summed E-state index contributed by atoms with van der Waals surface area (Å²) in [6, 6.07) is 13.4. The third-order valence-corrected chi connectivity index (χ3v) is 7.08. The Balaban J connectivity index is 1.38. The molecule has 1 aliphatic heterocycles. The molecule has 1 N–H and O–H groups in total. The third kappa shape index (κ3) is 3.41. The quantitative estimate of drug-likeness (QED) is 0.506. The van der Waals surface area contributed by atoms with Crippen LogP contribution in [0.3, 0.4) is 0 Å². The standard InChI is InChI=1S/C25H30N6O/c1-29-22-9-5-4-8-20(22)28-24(29)16-26-21-14-19(30-10-12-32-13-11-30)15-23-25(21)27-17-31(23)18-6-2-3-7-18/h4-5,8-9,14-15,17-18,26H,2-3,6-7,10-13,16H2,1H3. The van der Waals surface area contributed by atoms with Crippen LogP contribution in [0.15, 0.2) is 42.7 Å². The van der Waals surface area contributed by atoms with Crippen molar-refractivity contribution in [3.05, 3.63) is 48.5 Å². The fraction of sp³-hybridized carbons (Fsp3) is 0.440. The van der Waals surface area contributed by atoms with E-state index in [-0.39, 0.29) is 0 Å². The Kier molecular flexibility index (Phi) is 4.98. The molecular weight excluding hydrogens is 400 g/mol. The summed E-state index contributed by atoms with van der Waals surface area (Å²) in [6.45, 7) is 4.06. The fourth-order valence-corrected chi connectivity index (χ4v) is 5.26. The number of nitrogens with zero attached hydrogens (tertiary/aromatic N) is 5. The van der Waals surface area contributed by atoms with Crippen molar-refractivity contribution in [3.8, 4) is 0 Å². The summed E-state index contributed by atoms with van der Waals surface area (Å²) in [5.74, 6) is 1.02. The van der Waals surface area contributed by atoms with E-state index < -0.39 is 0 Å². The molecule has 7 nitrogen and oxygen atoms in total. The molecule has 1 saturated heterocycles. The normalized spacial score (nSPS) is 17.6. The first-order valence-corrected chi connectivity index (χ1v) is 11.8. The van der Waals surface area contributed by atoms with E-state index in [2.05, 4.69) is 56.7 Å². The number of anilines is 2. The Labute approximate surface area is 188 Å². The molecule has 3 heterocycles. The van der Waals surface area contributed by atoms with E-state index in [0.29, 0.717) is 12.6 Å². The summed E-state index contributed by atoms with van der Waals surface area (Å²) in [6.07, 6.45) is 7.16. The van der Waals surface area contributed by atoms with Gasteiger partial charge >= 0.3 is 0 Å². The van der Waals surface area contributed by atoms with Crippen LogP contribution in [0, 0.1) is 0 Å². The van der Waals surface area contributed by atoms with Crippen molar-refractivity contribution >= 4 is 33.4 Å². The minimum absolute atomic E-state index is 0.563. The molecular formula is C25H30N6O. The average Bonchev–Trinajstić information content (AvgIpc) is 3.57. The summed E-state index contributed by atoms with van der Waals surface area (Å²) in [7, 11) is 2.08. The van der Waals surface area contributed by atoms with Gasteiger partial charge in [0.15, 0.2) is 0 Å². The molecule has 0 unspecified atom stereocenters. The largest absolute Gasteiger partial charge is 0.378 e. The number of nitrogens with one attached hydrogen (secondary N) is 1. The van der Waals surface area contributed by atoms with Crippen LogP contribution in [0.4, 0.5) is 11.4 Å². The lowest BCUT2D eigenvalue weighted by molar-refractivity contribution is 0.122. The summed E-state index contributed by atoms with van der Waals surface area (Å²) >= 11 is 0. The van der Waals surface area contributed by atoms with Crippen LogP contribution in [0.25, 0.3) is 22.1 Å². The van der Waals surface area contributed by atoms with Crippen molar-refractivity contribution in [2.24, 2.45) is 7.05 Å². The molecule has 0 atom stereocenters. The minimum atomic E-state index is 0.563. The average molecular weight is 431 g/mol. The smallest absolute Gasteiger partial charge is 0.128 e. The monoisotopic (exact) mass is 430 g/mol. The minimum Gasteiger partial charge on any atom is -0.378 e. The zero-order chi connectivity index (χ0) is 21.5. The van der Waals surface area contributed by atoms with Gasteiger partial charge in [-0.2, -0.15) is 0 Å². The molecule has 4 aromatic rings. The Morgan fingerprint density at radius 1 is 1.06 bits per heavy atom. The molecule has 0 spiro atoms. The van der Waals surface area contributed by atoms with Crippen LogP contribution >= 0.6 is 0 Å². The zero-order valence-corrected chi connectivity index (χ0v) is 18.6. The van der Waals surface area contributed by atoms with E-state index in [1.54, 1.807) is 0 Å². The predicted octanol–water partition coefficient (Wildman–Crippen LogP) is 4.49. The number of imidazole rings is 2. The Hall–Kier alpha value is -3.06. The van der Waals surface area contributed by atoms with Gasteiger partial charge in [-0.25, -0.2) is 9.97 Å². The van der Waals surface area contributed by atoms with Crippen molar-refractivity contribution in [3.63, 3.8) is 0 Å². The zero-order valence-electron chi connectivity index (χ0n) is 18.6. The number of hydrogen-bond acceptors (Lipinski definition) is 5. The molecule has 2 fully saturated rings. The second-order valence-electron chi connectivity index (χ2n) is 8.98. The van der Waals surface area contributed by atoms with E-state index in [9.17, 15) is 0 Å². The molecule has 1 aliphatic carbocycles. The first-order chi connectivity index (χ1) is 15.8. The second-order valence-corrected chi connectivity index (χ2v) is 8.98. The second kappa shape index (κ2) is 8.13. The summed E-state index contributed by atoms with van der Waals surface area (Å²) in [5.41, 5.74) is 6.79. The van der Waals surface area contributed by atoms with E-state index in [0.717, 1.165) is 54.4 Å². The molecule has 7 heteroatoms. The number of rotatable bonds is 5. The number of para-hydroxylation sites is 2. The van der Waals surface area contributed by atoms with Crippen molar-refractivity contribution < 1.29 is 4.74 Å². The number of aromatic nitrogens is 4. The molecule has 1 saturated carbocycles. The molecule has 6 rings (SSSR count). The highest BCUT2D eigenvalue weighted by Crippen LogP contribution is 2.36. The maximum Gasteiger partial charge on any atom is 0.128 e. The number of hydrogen-bond donors (Lipinski definition) is 1. The van der Waals surface area contributed by atoms with E-state index in [1.807, 2.05) is 12.4 Å². The van der Waals surface area contributed by atoms with Crippen LogP contribution in [0.1, 0.15) is 37.5 Å². The highest BCUT2D eigenvalue weighted by atomic mass is 16.5. The number of ether oxygens (including phenoxy) is 1. The molecule has 166 valence electrons. The number of morpholine rings is 1. The van der Waals surface area contributed by atoms with E-state index in [4.69, 9.17) is 14.7 Å². The van der Waals surface area contributed by atoms with Gasteiger partial charge in [0, 0.05) is 31.9 Å². The first-order valence-electron chi connectivity index (χ1n) is 11.8. The molecule has 32 heavy (non-hydrogen) atoms. The van der Waals surface area contributed by atoms with Gasteiger partial charge in [-0.1, -0.05) is 25.0 Å². The highest BCUT2D eigenvalue weighted by Gasteiger charge is 2.22. The van der Waals surface area contributed by atoms with Crippen LogP contribution in [-0.4, -0.2) is 45.4 Å². The van der Waals surface area contributed by atoms with Gasteiger partial charge in [0.2, 0.25) is 0 Å². The van der Waals surface area contributed by atoms with Crippen LogP contribution in [-0.2, 0) is 18.3 Å². The summed E-state index contributed by atoms with van der Waals surface area (Å²) in [5, 5.41) is 3.67. The number of fused-ring (bicyclic) bond motifs is 2. The van der Waals surface area contributed by atoms with Gasteiger partial charge in [0.1, 0.15) is 11.3 Å². The lowest BCUT2D eigenvalue weighted by atomic mass is 10.2. The SMILES string of the molecule is Cn1c(CNc2cc(N3CCOCC3)cc3c2ncn3C2CCCC2)nc2ccccc21. The lowest BCUT2D eigenvalue weighted by Gasteiger charge is -2.29. The van der Waals surface area contributed by atoms with Gasteiger partial charge in [-0.3, -0.25) is 0 Å². The van der Waals surface area contributed by atoms with Crippen LogP contribution < -0.4 is 10.2 Å². The number of benzene rings is 2. The molecule has 2 aliphatic rings. The summed E-state index contributed by atoms with van der Waals surface area (Å²) in [4.78, 5) is 12.1. The van der Waals surface area contributed by atoms with Crippen LogP contribution in [0.2, 0.25) is 0 Å². The summed E-state index contributed by atoms with van der Waals surface area (Å²) < 4.78 is 10.2. The molecule has 2 aromatic carbocycles. The van der Waals surface area contributed by atoms with Crippen LogP contribution in [0.5, 0.6) is 0 Å². The third-order valence-electron chi connectivity index (χ3n) is 7.08. The topological polar surface area (TPSA) is 60.1 Å². The van der Waals surface area contributed by atoms with Crippen molar-refractivity contribution in [2.75, 3.05) is 36.5 Å². The maximum absolute atomic E-state index is 5.59. The maximum atomic E-state index is 5.59. The highest BCUT2D eigenvalue weighted by molar-refractivity contribution is 5.92. The van der Waals surface area contributed by atoms with Gasteiger partial charge in [0.25, 0.3) is 0 Å². The molecule has 2 aromatic heterocycles. The predicted molar refractivity (Wildman–Crippen MR) is 128 cm³/mol. The molecule has 0 radical (unpaired) electrons. The fourth-order valence-electron chi connectivity index (χ4n) is 5.26. The van der Waals surface area contributed by atoms with Crippen molar-refractivity contribution in [1.82, 2.24) is 19.1 Å². The molecule has 0 amide bonds. The molecule has 0 bridgehead atoms. The lowest BCUT2D eigenvalue weighted by Crippen LogP contribution is -2.36. The number of aryl methyl sites for hydroxylation is 1. The van der Waals surface area contributed by atoms with Gasteiger partial charge < -0.3 is 24.1 Å². The van der Waals surface area contributed by atoms with E-state index >= 15 is 0 Å². The van der Waals surface area contributed by atoms with Crippen molar-refractivity contribution in [1.29, 1.82) is 0 Å².